The Kier molecular flexibility index (Phi) is 6.05. The van der Waals surface area contributed by atoms with Gasteiger partial charge in [0.2, 0.25) is 0 Å². The third-order valence-corrected chi connectivity index (χ3v) is 2.86. The predicted molar refractivity (Wildman–Crippen MR) is 72.0 cm³/mol. The highest BCUT2D eigenvalue weighted by Crippen LogP contribution is 2.26. The maximum atomic E-state index is 9.13. The van der Waals surface area contributed by atoms with Crippen LogP contribution in [0.2, 0.25) is 0 Å². The topological polar surface area (TPSA) is 51.1 Å². The van der Waals surface area contributed by atoms with Crippen LogP contribution in [-0.2, 0) is 0 Å². The minimum absolute atomic E-state index is 0.656. The number of hydrogen-bond donors (Lipinski definition) is 1. The quantitative estimate of drug-likeness (QED) is 0.349. The lowest BCUT2D eigenvalue weighted by atomic mass is 10.0. The first-order valence-electron chi connectivity index (χ1n) is 6.20. The standard InChI is InChI=1S/C14H21NO3/c1-4-5-6-7-13(15-16)12-9-8-11(17-2)10-14(12)18-3/h8-10,16H,4-7H2,1-3H3/b15-13+. The second-order valence-corrected chi connectivity index (χ2v) is 4.07. The van der Waals surface area contributed by atoms with Crippen molar-refractivity contribution in [3.8, 4) is 11.5 Å². The van der Waals surface area contributed by atoms with Gasteiger partial charge < -0.3 is 14.7 Å². The van der Waals surface area contributed by atoms with Crippen molar-refractivity contribution in [2.45, 2.75) is 32.6 Å². The fourth-order valence-corrected chi connectivity index (χ4v) is 1.82. The van der Waals surface area contributed by atoms with Crippen LogP contribution in [0.15, 0.2) is 23.4 Å². The molecule has 1 aromatic carbocycles. The Balaban J connectivity index is 2.91. The Morgan fingerprint density at radius 2 is 2.00 bits per heavy atom. The van der Waals surface area contributed by atoms with E-state index in [4.69, 9.17) is 14.7 Å². The number of nitrogens with zero attached hydrogens (tertiary/aromatic N) is 1. The number of benzene rings is 1. The molecule has 0 radical (unpaired) electrons. The van der Waals surface area contributed by atoms with E-state index in [9.17, 15) is 0 Å². The van der Waals surface area contributed by atoms with Gasteiger partial charge in [-0.25, -0.2) is 0 Å². The van der Waals surface area contributed by atoms with Crippen molar-refractivity contribution in [1.82, 2.24) is 0 Å². The molecule has 100 valence electrons. The number of methoxy groups -OCH3 is 2. The number of unbranched alkanes of at least 4 members (excludes halogenated alkanes) is 2. The Labute approximate surface area is 108 Å². The Bertz CT molecular complexity index is 402. The lowest BCUT2D eigenvalue weighted by molar-refractivity contribution is 0.317. The molecule has 0 saturated heterocycles. The summed E-state index contributed by atoms with van der Waals surface area (Å²) >= 11 is 0. The zero-order valence-electron chi connectivity index (χ0n) is 11.3. The van der Waals surface area contributed by atoms with Crippen molar-refractivity contribution in [2.75, 3.05) is 14.2 Å². The van der Waals surface area contributed by atoms with Gasteiger partial charge in [0.05, 0.1) is 19.9 Å². The van der Waals surface area contributed by atoms with E-state index in [1.807, 2.05) is 12.1 Å². The van der Waals surface area contributed by atoms with E-state index in [0.717, 1.165) is 37.0 Å². The van der Waals surface area contributed by atoms with E-state index >= 15 is 0 Å². The summed E-state index contributed by atoms with van der Waals surface area (Å²) in [5, 5.41) is 12.5. The highest BCUT2D eigenvalue weighted by atomic mass is 16.5. The molecular weight excluding hydrogens is 230 g/mol. The van der Waals surface area contributed by atoms with Crippen LogP contribution in [0.5, 0.6) is 11.5 Å². The van der Waals surface area contributed by atoms with Crippen molar-refractivity contribution in [1.29, 1.82) is 0 Å². The summed E-state index contributed by atoms with van der Waals surface area (Å²) in [5.74, 6) is 1.39. The summed E-state index contributed by atoms with van der Waals surface area (Å²) in [4.78, 5) is 0. The van der Waals surface area contributed by atoms with Gasteiger partial charge in [-0.1, -0.05) is 24.9 Å². The van der Waals surface area contributed by atoms with Crippen LogP contribution in [0.3, 0.4) is 0 Å². The number of oxime groups is 1. The smallest absolute Gasteiger partial charge is 0.131 e. The van der Waals surface area contributed by atoms with Crippen LogP contribution in [-0.4, -0.2) is 25.1 Å². The molecule has 0 fully saturated rings. The zero-order valence-corrected chi connectivity index (χ0v) is 11.3. The number of rotatable bonds is 7. The third kappa shape index (κ3) is 3.65. The molecule has 1 aromatic rings. The second kappa shape index (κ2) is 7.58. The van der Waals surface area contributed by atoms with Gasteiger partial charge in [-0.2, -0.15) is 0 Å². The van der Waals surface area contributed by atoms with Gasteiger partial charge in [0.15, 0.2) is 0 Å². The first kappa shape index (κ1) is 14.4. The summed E-state index contributed by atoms with van der Waals surface area (Å²) < 4.78 is 10.4. The summed E-state index contributed by atoms with van der Waals surface area (Å²) in [5.41, 5.74) is 1.47. The molecule has 0 aliphatic rings. The first-order valence-corrected chi connectivity index (χ1v) is 6.20. The normalized spacial score (nSPS) is 11.4. The summed E-state index contributed by atoms with van der Waals surface area (Å²) in [6.45, 7) is 2.14. The molecule has 0 aliphatic heterocycles. The number of ether oxygens (including phenoxy) is 2. The maximum Gasteiger partial charge on any atom is 0.131 e. The second-order valence-electron chi connectivity index (χ2n) is 4.07. The molecule has 0 bridgehead atoms. The van der Waals surface area contributed by atoms with Gasteiger partial charge in [0.1, 0.15) is 11.5 Å². The molecule has 0 spiro atoms. The molecule has 0 amide bonds. The van der Waals surface area contributed by atoms with Crippen LogP contribution in [0.1, 0.15) is 38.2 Å². The maximum absolute atomic E-state index is 9.13. The molecule has 0 aromatic heterocycles. The lowest BCUT2D eigenvalue weighted by Gasteiger charge is -2.11. The SMILES string of the molecule is CCCCC/C(=N\O)c1ccc(OC)cc1OC. The number of hydrogen-bond acceptors (Lipinski definition) is 4. The van der Waals surface area contributed by atoms with E-state index in [1.54, 1.807) is 20.3 Å². The zero-order chi connectivity index (χ0) is 13.4. The van der Waals surface area contributed by atoms with E-state index < -0.39 is 0 Å². The van der Waals surface area contributed by atoms with Gasteiger partial charge in [-0.3, -0.25) is 0 Å². The van der Waals surface area contributed by atoms with Crippen molar-refractivity contribution < 1.29 is 14.7 Å². The molecule has 0 heterocycles. The highest BCUT2D eigenvalue weighted by molar-refractivity contribution is 6.02. The summed E-state index contributed by atoms with van der Waals surface area (Å²) in [6.07, 6.45) is 4.01. The monoisotopic (exact) mass is 251 g/mol. The molecule has 1 rings (SSSR count). The van der Waals surface area contributed by atoms with E-state index in [0.29, 0.717) is 11.5 Å². The fourth-order valence-electron chi connectivity index (χ4n) is 1.82. The van der Waals surface area contributed by atoms with E-state index in [2.05, 4.69) is 12.1 Å². The van der Waals surface area contributed by atoms with E-state index in [1.165, 1.54) is 0 Å². The van der Waals surface area contributed by atoms with Gasteiger partial charge in [-0.15, -0.1) is 0 Å². The van der Waals surface area contributed by atoms with Crippen LogP contribution in [0.4, 0.5) is 0 Å². The molecule has 0 aliphatic carbocycles. The van der Waals surface area contributed by atoms with E-state index in [-0.39, 0.29) is 0 Å². The van der Waals surface area contributed by atoms with Gasteiger partial charge in [0.25, 0.3) is 0 Å². The molecule has 1 N–H and O–H groups in total. The molecule has 4 heteroatoms. The lowest BCUT2D eigenvalue weighted by Crippen LogP contribution is -2.04. The minimum Gasteiger partial charge on any atom is -0.497 e. The molecule has 0 atom stereocenters. The minimum atomic E-state index is 0.656. The first-order chi connectivity index (χ1) is 8.76. The van der Waals surface area contributed by atoms with Crippen LogP contribution < -0.4 is 9.47 Å². The van der Waals surface area contributed by atoms with Crippen LogP contribution >= 0.6 is 0 Å². The van der Waals surface area contributed by atoms with Crippen molar-refractivity contribution in [3.63, 3.8) is 0 Å². The molecule has 0 unspecified atom stereocenters. The van der Waals surface area contributed by atoms with Gasteiger partial charge >= 0.3 is 0 Å². The van der Waals surface area contributed by atoms with Gasteiger partial charge in [-0.05, 0) is 25.0 Å². The van der Waals surface area contributed by atoms with Gasteiger partial charge in [0, 0.05) is 11.6 Å². The Morgan fingerprint density at radius 3 is 2.56 bits per heavy atom. The largest absolute Gasteiger partial charge is 0.497 e. The Morgan fingerprint density at radius 1 is 1.22 bits per heavy atom. The summed E-state index contributed by atoms with van der Waals surface area (Å²) in [6, 6.07) is 5.49. The molecule has 4 nitrogen and oxygen atoms in total. The predicted octanol–water partition coefficient (Wildman–Crippen LogP) is 3.46. The molecule has 18 heavy (non-hydrogen) atoms. The average molecular weight is 251 g/mol. The van der Waals surface area contributed by atoms with Crippen LogP contribution in [0, 0.1) is 0 Å². The third-order valence-electron chi connectivity index (χ3n) is 2.86. The Hall–Kier alpha value is -1.71. The van der Waals surface area contributed by atoms with Crippen molar-refractivity contribution in [3.05, 3.63) is 23.8 Å². The summed E-state index contributed by atoms with van der Waals surface area (Å²) in [7, 11) is 3.20. The van der Waals surface area contributed by atoms with Crippen molar-refractivity contribution >= 4 is 5.71 Å². The highest BCUT2D eigenvalue weighted by Gasteiger charge is 2.11. The molecular formula is C14H21NO3. The average Bonchev–Trinajstić information content (AvgIpc) is 2.43. The fraction of sp³-hybridized carbons (Fsp3) is 0.500. The molecule has 0 saturated carbocycles. The van der Waals surface area contributed by atoms with Crippen molar-refractivity contribution in [2.24, 2.45) is 5.16 Å². The van der Waals surface area contributed by atoms with Crippen LogP contribution in [0.25, 0.3) is 0 Å².